The summed E-state index contributed by atoms with van der Waals surface area (Å²) in [7, 11) is 4.25. The zero-order valence-electron chi connectivity index (χ0n) is 16.2. The van der Waals surface area contributed by atoms with Crippen molar-refractivity contribution in [2.75, 3.05) is 33.3 Å². The van der Waals surface area contributed by atoms with Gasteiger partial charge in [-0.3, -0.25) is 4.79 Å². The number of nitriles is 1. The van der Waals surface area contributed by atoms with Crippen LogP contribution in [0.5, 0.6) is 17.2 Å². The van der Waals surface area contributed by atoms with E-state index in [-0.39, 0.29) is 12.2 Å². The molecule has 0 bridgehead atoms. The van der Waals surface area contributed by atoms with Crippen LogP contribution >= 0.6 is 0 Å². The lowest BCUT2D eigenvalue weighted by molar-refractivity contribution is -0.142. The van der Waals surface area contributed by atoms with E-state index < -0.39 is 11.9 Å². The van der Waals surface area contributed by atoms with E-state index in [0.29, 0.717) is 28.5 Å². The molecular weight excluding hydrogens is 376 g/mol. The van der Waals surface area contributed by atoms with Crippen molar-refractivity contribution in [1.82, 2.24) is 0 Å². The first-order valence-electron chi connectivity index (χ1n) is 8.45. The molecule has 29 heavy (non-hydrogen) atoms. The second-order valence-electron chi connectivity index (χ2n) is 5.63. The van der Waals surface area contributed by atoms with Crippen LogP contribution in [0.25, 0.3) is 6.08 Å². The van der Waals surface area contributed by atoms with Crippen LogP contribution in [0, 0.1) is 11.3 Å². The Labute approximate surface area is 168 Å². The fourth-order valence-corrected chi connectivity index (χ4v) is 2.28. The number of carbonyl (C=O) groups excluding carboxylic acids is 2. The third kappa shape index (κ3) is 6.01. The molecule has 0 aliphatic carbocycles. The standard InChI is InChI=1S/C21H20N2O6/c1-26-17-7-5-16(6-8-17)23-21(25)15(12-22)10-14-4-9-18(19(11-14)27-2)29-13-20(24)28-3/h4-11H,13H2,1-3H3,(H,23,25)/b15-10-. The minimum atomic E-state index is -0.553. The Morgan fingerprint density at radius 2 is 1.76 bits per heavy atom. The molecule has 8 nitrogen and oxygen atoms in total. The lowest BCUT2D eigenvalue weighted by Gasteiger charge is -2.10. The van der Waals surface area contributed by atoms with Crippen LogP contribution in [0.3, 0.4) is 0 Å². The van der Waals surface area contributed by atoms with Gasteiger partial charge >= 0.3 is 5.97 Å². The molecular formula is C21H20N2O6. The first-order valence-corrected chi connectivity index (χ1v) is 8.45. The van der Waals surface area contributed by atoms with E-state index in [2.05, 4.69) is 10.1 Å². The number of hydrogen-bond acceptors (Lipinski definition) is 7. The molecule has 0 heterocycles. The molecule has 2 rings (SSSR count). The van der Waals surface area contributed by atoms with Gasteiger partial charge in [0.15, 0.2) is 18.1 Å². The first kappa shape index (κ1) is 21.3. The van der Waals surface area contributed by atoms with Crippen LogP contribution in [0.4, 0.5) is 5.69 Å². The maximum Gasteiger partial charge on any atom is 0.343 e. The van der Waals surface area contributed by atoms with E-state index in [1.54, 1.807) is 49.6 Å². The zero-order chi connectivity index (χ0) is 21.2. The van der Waals surface area contributed by atoms with Crippen molar-refractivity contribution in [3.63, 3.8) is 0 Å². The summed E-state index contributed by atoms with van der Waals surface area (Å²) in [5.74, 6) is 0.244. The Morgan fingerprint density at radius 3 is 2.34 bits per heavy atom. The summed E-state index contributed by atoms with van der Waals surface area (Å²) < 4.78 is 20.2. The van der Waals surface area contributed by atoms with Gasteiger partial charge in [0.05, 0.1) is 21.3 Å². The normalized spacial score (nSPS) is 10.5. The van der Waals surface area contributed by atoms with Crippen molar-refractivity contribution in [3.8, 4) is 23.3 Å². The van der Waals surface area contributed by atoms with Crippen LogP contribution in [-0.2, 0) is 14.3 Å². The van der Waals surface area contributed by atoms with Gasteiger partial charge in [0.1, 0.15) is 17.4 Å². The number of esters is 1. The van der Waals surface area contributed by atoms with E-state index >= 15 is 0 Å². The summed E-state index contributed by atoms with van der Waals surface area (Å²) in [4.78, 5) is 23.6. The highest BCUT2D eigenvalue weighted by molar-refractivity contribution is 6.09. The number of amides is 1. The molecule has 1 N–H and O–H groups in total. The summed E-state index contributed by atoms with van der Waals surface area (Å²) in [6, 6.07) is 13.4. The Hall–Kier alpha value is -3.99. The van der Waals surface area contributed by atoms with Crippen LogP contribution in [0.1, 0.15) is 5.56 Å². The Morgan fingerprint density at radius 1 is 1.03 bits per heavy atom. The predicted octanol–water partition coefficient (Wildman–Crippen LogP) is 2.80. The van der Waals surface area contributed by atoms with Crippen molar-refractivity contribution in [2.45, 2.75) is 0 Å². The Bertz CT molecular complexity index is 945. The monoisotopic (exact) mass is 396 g/mol. The van der Waals surface area contributed by atoms with Crippen molar-refractivity contribution in [1.29, 1.82) is 5.26 Å². The molecule has 0 saturated carbocycles. The van der Waals surface area contributed by atoms with E-state index in [1.807, 2.05) is 6.07 Å². The van der Waals surface area contributed by atoms with Crippen LogP contribution in [-0.4, -0.2) is 39.8 Å². The average Bonchev–Trinajstić information content (AvgIpc) is 2.76. The number of benzene rings is 2. The first-order chi connectivity index (χ1) is 14.0. The molecule has 0 aromatic heterocycles. The third-order valence-electron chi connectivity index (χ3n) is 3.78. The fraction of sp³-hybridized carbons (Fsp3) is 0.190. The molecule has 2 aromatic carbocycles. The average molecular weight is 396 g/mol. The lowest BCUT2D eigenvalue weighted by Crippen LogP contribution is -2.13. The molecule has 8 heteroatoms. The van der Waals surface area contributed by atoms with Crippen LogP contribution in [0.2, 0.25) is 0 Å². The number of hydrogen-bond donors (Lipinski definition) is 1. The van der Waals surface area contributed by atoms with E-state index in [0.717, 1.165) is 0 Å². The highest BCUT2D eigenvalue weighted by Crippen LogP contribution is 2.29. The van der Waals surface area contributed by atoms with Gasteiger partial charge in [-0.2, -0.15) is 5.26 Å². The lowest BCUT2D eigenvalue weighted by atomic mass is 10.1. The van der Waals surface area contributed by atoms with Gasteiger partial charge in [0, 0.05) is 5.69 Å². The van der Waals surface area contributed by atoms with Gasteiger partial charge in [-0.05, 0) is 48.0 Å². The van der Waals surface area contributed by atoms with Crippen molar-refractivity contribution in [2.24, 2.45) is 0 Å². The number of anilines is 1. The summed E-state index contributed by atoms with van der Waals surface area (Å²) in [5.41, 5.74) is 0.987. The molecule has 1 amide bonds. The van der Waals surface area contributed by atoms with Gasteiger partial charge in [-0.25, -0.2) is 4.79 Å². The molecule has 0 radical (unpaired) electrons. The predicted molar refractivity (Wildman–Crippen MR) is 106 cm³/mol. The summed E-state index contributed by atoms with van der Waals surface area (Å²) in [6.45, 7) is -0.268. The van der Waals surface area contributed by atoms with Crippen molar-refractivity contribution < 1.29 is 28.5 Å². The quantitative estimate of drug-likeness (QED) is 0.415. The Balaban J connectivity index is 2.17. The molecule has 2 aromatic rings. The van der Waals surface area contributed by atoms with Gasteiger partial charge in [-0.15, -0.1) is 0 Å². The summed E-state index contributed by atoms with van der Waals surface area (Å²) in [6.07, 6.45) is 1.42. The Kier molecular flexibility index (Phi) is 7.62. The maximum atomic E-state index is 12.4. The number of nitrogens with one attached hydrogen (secondary N) is 1. The number of methoxy groups -OCH3 is 3. The highest BCUT2D eigenvalue weighted by Gasteiger charge is 2.12. The van der Waals surface area contributed by atoms with Crippen molar-refractivity contribution in [3.05, 3.63) is 53.6 Å². The van der Waals surface area contributed by atoms with Crippen LogP contribution in [0.15, 0.2) is 48.0 Å². The van der Waals surface area contributed by atoms with E-state index in [9.17, 15) is 14.9 Å². The number of ether oxygens (including phenoxy) is 4. The highest BCUT2D eigenvalue weighted by atomic mass is 16.6. The van der Waals surface area contributed by atoms with Gasteiger partial charge in [0.25, 0.3) is 5.91 Å². The number of rotatable bonds is 8. The largest absolute Gasteiger partial charge is 0.497 e. The van der Waals surface area contributed by atoms with Crippen molar-refractivity contribution >= 4 is 23.6 Å². The smallest absolute Gasteiger partial charge is 0.343 e. The summed E-state index contributed by atoms with van der Waals surface area (Å²) in [5, 5.41) is 12.0. The molecule has 0 atom stereocenters. The minimum absolute atomic E-state index is 0.0916. The second kappa shape index (κ2) is 10.4. The molecule has 0 aliphatic heterocycles. The zero-order valence-corrected chi connectivity index (χ0v) is 16.2. The maximum absolute atomic E-state index is 12.4. The molecule has 0 aliphatic rings. The van der Waals surface area contributed by atoms with E-state index in [1.165, 1.54) is 20.3 Å². The van der Waals surface area contributed by atoms with E-state index in [4.69, 9.17) is 14.2 Å². The molecule has 0 saturated heterocycles. The summed E-state index contributed by atoms with van der Waals surface area (Å²) >= 11 is 0. The number of carbonyl (C=O) groups is 2. The molecule has 150 valence electrons. The number of nitrogens with zero attached hydrogens (tertiary/aromatic N) is 1. The topological polar surface area (TPSA) is 107 Å². The van der Waals surface area contributed by atoms with Gasteiger partial charge in [-0.1, -0.05) is 6.07 Å². The minimum Gasteiger partial charge on any atom is -0.497 e. The molecule has 0 spiro atoms. The van der Waals surface area contributed by atoms with Gasteiger partial charge in [0.2, 0.25) is 0 Å². The second-order valence-corrected chi connectivity index (χ2v) is 5.63. The SMILES string of the molecule is COC(=O)COc1ccc(/C=C(/C#N)C(=O)Nc2ccc(OC)cc2)cc1OC. The molecule has 0 fully saturated rings. The third-order valence-corrected chi connectivity index (χ3v) is 3.78. The van der Waals surface area contributed by atoms with Crippen LogP contribution < -0.4 is 19.5 Å². The molecule has 0 unspecified atom stereocenters. The fourth-order valence-electron chi connectivity index (χ4n) is 2.28. The van der Waals surface area contributed by atoms with Gasteiger partial charge < -0.3 is 24.3 Å².